The lowest BCUT2D eigenvalue weighted by Crippen LogP contribution is -2.41. The van der Waals surface area contributed by atoms with Crippen LogP contribution in [0, 0.1) is 35.4 Å². The molecular formula is C25H34ClF. The van der Waals surface area contributed by atoms with Crippen LogP contribution in [0.25, 0.3) is 0 Å². The van der Waals surface area contributed by atoms with Crippen LogP contribution in [0.2, 0.25) is 5.02 Å². The van der Waals surface area contributed by atoms with Crippen LogP contribution in [0.5, 0.6) is 0 Å². The Labute approximate surface area is 169 Å². The smallest absolute Gasteiger partial charge is 0.142 e. The Hall–Kier alpha value is -0.820. The average Bonchev–Trinajstić information content (AvgIpc) is 2.69. The summed E-state index contributed by atoms with van der Waals surface area (Å²) < 4.78 is 13.9. The molecule has 0 amide bonds. The van der Waals surface area contributed by atoms with Gasteiger partial charge in [-0.1, -0.05) is 36.2 Å². The summed E-state index contributed by atoms with van der Waals surface area (Å²) in [7, 11) is 0. The third-order valence-electron chi connectivity index (χ3n) is 8.04. The molecule has 0 nitrogen and oxygen atoms in total. The molecule has 3 fully saturated rings. The molecule has 27 heavy (non-hydrogen) atoms. The largest absolute Gasteiger partial charge is 0.205 e. The molecule has 0 aliphatic heterocycles. The van der Waals surface area contributed by atoms with Crippen LogP contribution in [-0.4, -0.2) is 0 Å². The predicted molar refractivity (Wildman–Crippen MR) is 113 cm³/mol. The highest BCUT2D eigenvalue weighted by molar-refractivity contribution is 6.30. The highest BCUT2D eigenvalue weighted by Gasteiger charge is 2.44. The van der Waals surface area contributed by atoms with Gasteiger partial charge in [-0.25, -0.2) is 4.39 Å². The quantitative estimate of drug-likeness (QED) is 0.456. The van der Waals surface area contributed by atoms with E-state index >= 15 is 0 Å². The van der Waals surface area contributed by atoms with Crippen LogP contribution < -0.4 is 0 Å². The molecule has 0 spiro atoms. The van der Waals surface area contributed by atoms with Crippen molar-refractivity contribution >= 4 is 11.6 Å². The van der Waals surface area contributed by atoms with Crippen LogP contribution in [0.4, 0.5) is 4.39 Å². The second kappa shape index (κ2) is 8.68. The molecule has 2 heteroatoms. The maximum absolute atomic E-state index is 13.9. The molecule has 1 aromatic carbocycles. The van der Waals surface area contributed by atoms with Gasteiger partial charge < -0.3 is 0 Å². The maximum atomic E-state index is 13.9. The minimum atomic E-state index is -0.253. The van der Waals surface area contributed by atoms with Gasteiger partial charge in [0, 0.05) is 0 Å². The fourth-order valence-corrected chi connectivity index (χ4v) is 6.84. The summed E-state index contributed by atoms with van der Waals surface area (Å²) >= 11 is 5.88. The molecule has 1 aromatic rings. The van der Waals surface area contributed by atoms with Gasteiger partial charge in [-0.15, -0.1) is 0 Å². The standard InChI is InChI=1S/C25H34ClF/c1-2-3-4-5-17-6-11-22-20(14-17)7-8-21-15-18(9-12-23(21)22)19-10-13-24(26)25(27)16-19/h2-3,10,13,16-18,20-23H,4-9,11-12,14-15H2,1H3/b3-2+/t17-,18?,20-,21+,22+,23+/m1/s1. The van der Waals surface area contributed by atoms with Crippen molar-refractivity contribution in [2.45, 2.75) is 77.0 Å². The van der Waals surface area contributed by atoms with Crippen LogP contribution >= 0.6 is 11.6 Å². The second-order valence-corrected chi connectivity index (χ2v) is 9.84. The van der Waals surface area contributed by atoms with E-state index in [2.05, 4.69) is 25.1 Å². The van der Waals surface area contributed by atoms with Crippen molar-refractivity contribution in [3.8, 4) is 0 Å². The Bertz CT molecular complexity index is 666. The Morgan fingerprint density at radius 1 is 1.00 bits per heavy atom. The second-order valence-electron chi connectivity index (χ2n) is 9.43. The van der Waals surface area contributed by atoms with Gasteiger partial charge in [0.15, 0.2) is 0 Å². The highest BCUT2D eigenvalue weighted by atomic mass is 35.5. The van der Waals surface area contributed by atoms with Crippen LogP contribution in [0.3, 0.4) is 0 Å². The molecule has 0 bridgehead atoms. The summed E-state index contributed by atoms with van der Waals surface area (Å²) in [6, 6.07) is 5.48. The van der Waals surface area contributed by atoms with Gasteiger partial charge in [0.2, 0.25) is 0 Å². The molecular weight excluding hydrogens is 355 g/mol. The molecule has 0 aromatic heterocycles. The van der Waals surface area contributed by atoms with Gasteiger partial charge in [-0.2, -0.15) is 0 Å². The molecule has 3 aliphatic rings. The molecule has 6 atom stereocenters. The van der Waals surface area contributed by atoms with E-state index in [9.17, 15) is 4.39 Å². The molecule has 0 heterocycles. The SMILES string of the molecule is C/C=C/CC[C@@H]1CC[C@H]2[C@H](CC[C@H]3CC(c4ccc(Cl)c(F)c4)CC[C@@H]32)C1. The lowest BCUT2D eigenvalue weighted by molar-refractivity contribution is 0.00564. The highest BCUT2D eigenvalue weighted by Crippen LogP contribution is 2.55. The molecule has 3 saturated carbocycles. The van der Waals surface area contributed by atoms with Crippen molar-refractivity contribution in [1.82, 2.24) is 0 Å². The first kappa shape index (κ1) is 19.5. The van der Waals surface area contributed by atoms with Gasteiger partial charge in [0.25, 0.3) is 0 Å². The number of hydrogen-bond donors (Lipinski definition) is 0. The van der Waals surface area contributed by atoms with E-state index in [-0.39, 0.29) is 10.8 Å². The van der Waals surface area contributed by atoms with Gasteiger partial charge >= 0.3 is 0 Å². The molecule has 0 radical (unpaired) electrons. The Morgan fingerprint density at radius 2 is 1.74 bits per heavy atom. The Morgan fingerprint density at radius 3 is 2.48 bits per heavy atom. The number of allylic oxidation sites excluding steroid dienone is 2. The zero-order chi connectivity index (χ0) is 18.8. The lowest BCUT2D eigenvalue weighted by atomic mass is 9.55. The maximum Gasteiger partial charge on any atom is 0.142 e. The lowest BCUT2D eigenvalue weighted by Gasteiger charge is -2.51. The third kappa shape index (κ3) is 4.29. The fourth-order valence-electron chi connectivity index (χ4n) is 6.72. The van der Waals surface area contributed by atoms with Crippen molar-refractivity contribution in [2.24, 2.45) is 29.6 Å². The summed E-state index contributed by atoms with van der Waals surface area (Å²) in [6.07, 6.45) is 18.3. The summed E-state index contributed by atoms with van der Waals surface area (Å²) in [5.74, 6) is 5.01. The van der Waals surface area contributed by atoms with Crippen molar-refractivity contribution < 1.29 is 4.39 Å². The Kier molecular flexibility index (Phi) is 6.27. The number of benzene rings is 1. The zero-order valence-corrected chi connectivity index (χ0v) is 17.4. The van der Waals surface area contributed by atoms with Gasteiger partial charge in [-0.3, -0.25) is 0 Å². The first-order valence-electron chi connectivity index (χ1n) is 11.2. The van der Waals surface area contributed by atoms with Crippen molar-refractivity contribution in [3.63, 3.8) is 0 Å². The molecule has 4 rings (SSSR count). The fraction of sp³-hybridized carbons (Fsp3) is 0.680. The predicted octanol–water partition coefficient (Wildman–Crippen LogP) is 8.16. The summed E-state index contributed by atoms with van der Waals surface area (Å²) in [4.78, 5) is 0. The van der Waals surface area contributed by atoms with E-state index in [0.717, 1.165) is 29.6 Å². The first-order chi connectivity index (χ1) is 13.2. The van der Waals surface area contributed by atoms with E-state index in [4.69, 9.17) is 11.6 Å². The van der Waals surface area contributed by atoms with Gasteiger partial charge in [0.05, 0.1) is 5.02 Å². The molecule has 1 unspecified atom stereocenters. The third-order valence-corrected chi connectivity index (χ3v) is 8.35. The summed E-state index contributed by atoms with van der Waals surface area (Å²) in [5.41, 5.74) is 1.17. The summed E-state index contributed by atoms with van der Waals surface area (Å²) in [6.45, 7) is 2.13. The normalized spacial score (nSPS) is 36.4. The Balaban J connectivity index is 1.36. The topological polar surface area (TPSA) is 0 Å². The van der Waals surface area contributed by atoms with Gasteiger partial charge in [-0.05, 0) is 118 Å². The van der Waals surface area contributed by atoms with Crippen molar-refractivity contribution in [2.75, 3.05) is 0 Å². The van der Waals surface area contributed by atoms with E-state index < -0.39 is 0 Å². The monoisotopic (exact) mass is 388 g/mol. The van der Waals surface area contributed by atoms with Gasteiger partial charge in [0.1, 0.15) is 5.82 Å². The minimum Gasteiger partial charge on any atom is -0.205 e. The van der Waals surface area contributed by atoms with E-state index in [1.807, 2.05) is 0 Å². The number of fused-ring (bicyclic) bond motifs is 3. The average molecular weight is 389 g/mol. The molecule has 0 saturated heterocycles. The van der Waals surface area contributed by atoms with Crippen molar-refractivity contribution in [1.29, 1.82) is 0 Å². The zero-order valence-electron chi connectivity index (χ0n) is 16.7. The number of hydrogen-bond acceptors (Lipinski definition) is 0. The molecule has 0 N–H and O–H groups in total. The van der Waals surface area contributed by atoms with E-state index in [1.165, 1.54) is 69.8 Å². The summed E-state index contributed by atoms with van der Waals surface area (Å²) in [5, 5.41) is 0.249. The van der Waals surface area contributed by atoms with E-state index in [1.54, 1.807) is 12.1 Å². The van der Waals surface area contributed by atoms with Crippen molar-refractivity contribution in [3.05, 3.63) is 46.8 Å². The first-order valence-corrected chi connectivity index (χ1v) is 11.6. The molecule has 3 aliphatic carbocycles. The van der Waals surface area contributed by atoms with E-state index in [0.29, 0.717) is 5.92 Å². The molecule has 148 valence electrons. The van der Waals surface area contributed by atoms with Crippen LogP contribution in [-0.2, 0) is 0 Å². The number of rotatable bonds is 4. The minimum absolute atomic E-state index is 0.249. The van der Waals surface area contributed by atoms with Crippen LogP contribution in [0.1, 0.15) is 82.6 Å². The van der Waals surface area contributed by atoms with Crippen LogP contribution in [0.15, 0.2) is 30.4 Å². The number of halogens is 2.